The van der Waals surface area contributed by atoms with Gasteiger partial charge in [-0.15, -0.1) is 0 Å². The molecule has 0 saturated carbocycles. The lowest BCUT2D eigenvalue weighted by molar-refractivity contribution is 0.102. The number of thiazole rings is 1. The Labute approximate surface area is 191 Å². The second-order valence-corrected chi connectivity index (χ2v) is 10.2. The monoisotopic (exact) mass is 481 g/mol. The number of anilines is 2. The minimum Gasteiger partial charge on any atom is -0.298 e. The minimum absolute atomic E-state index is 0.0709. The molecule has 0 aliphatic carbocycles. The molecule has 0 saturated heterocycles. The van der Waals surface area contributed by atoms with Crippen LogP contribution in [0, 0.1) is 6.92 Å². The van der Waals surface area contributed by atoms with Crippen molar-refractivity contribution >= 4 is 71.1 Å². The molecule has 8 nitrogen and oxygen atoms in total. The Morgan fingerprint density at radius 2 is 1.78 bits per heavy atom. The molecule has 0 radical (unpaired) electrons. The van der Waals surface area contributed by atoms with Gasteiger partial charge in [0.2, 0.25) is 0 Å². The lowest BCUT2D eigenvalue weighted by Gasteiger charge is -2.09. The zero-order valence-electron chi connectivity index (χ0n) is 16.6. The van der Waals surface area contributed by atoms with Gasteiger partial charge in [-0.3, -0.25) is 14.8 Å². The Balaban J connectivity index is 1.45. The molecule has 0 aliphatic heterocycles. The van der Waals surface area contributed by atoms with Gasteiger partial charge in [-0.05, 0) is 48.9 Å². The maximum Gasteiger partial charge on any atom is 0.264 e. The highest BCUT2D eigenvalue weighted by Gasteiger charge is 2.21. The van der Waals surface area contributed by atoms with Crippen molar-refractivity contribution in [2.24, 2.45) is 0 Å². The van der Waals surface area contributed by atoms with Crippen molar-refractivity contribution in [2.75, 3.05) is 10.0 Å². The van der Waals surface area contributed by atoms with Crippen molar-refractivity contribution < 1.29 is 13.2 Å². The van der Waals surface area contributed by atoms with Crippen LogP contribution >= 0.6 is 23.1 Å². The van der Waals surface area contributed by atoms with Gasteiger partial charge in [0.15, 0.2) is 5.13 Å². The smallest absolute Gasteiger partial charge is 0.264 e. The van der Waals surface area contributed by atoms with E-state index in [1.165, 1.54) is 17.4 Å². The van der Waals surface area contributed by atoms with Crippen LogP contribution in [0.25, 0.3) is 21.3 Å². The van der Waals surface area contributed by atoms with E-state index < -0.39 is 10.0 Å². The number of aryl methyl sites for hydroxylation is 1. The van der Waals surface area contributed by atoms with Crippen molar-refractivity contribution in [1.29, 1.82) is 0 Å². The van der Waals surface area contributed by atoms with Gasteiger partial charge in [0.1, 0.15) is 15.9 Å². The van der Waals surface area contributed by atoms with E-state index in [2.05, 4.69) is 23.8 Å². The van der Waals surface area contributed by atoms with Crippen LogP contribution in [0.5, 0.6) is 0 Å². The molecule has 5 rings (SSSR count). The molecule has 0 aliphatic rings. The van der Waals surface area contributed by atoms with Crippen LogP contribution in [0.15, 0.2) is 65.6 Å². The summed E-state index contributed by atoms with van der Waals surface area (Å²) in [4.78, 5) is 17.0. The summed E-state index contributed by atoms with van der Waals surface area (Å²) in [5, 5.41) is 3.24. The maximum absolute atomic E-state index is 13.0. The third kappa shape index (κ3) is 3.81. The quantitative estimate of drug-likeness (QED) is 0.377. The standard InChI is InChI=1S/C21H15N5O3S3/c1-12-10-14(26-32(28,29)17-9-5-8-15-19(17)25-31-24-15)11-16-18(12)22-21(30-16)23-20(27)13-6-3-2-4-7-13/h2-11,26H,1H3,(H,22,23,27). The Morgan fingerprint density at radius 1 is 0.969 bits per heavy atom. The molecule has 0 spiro atoms. The number of nitrogens with one attached hydrogen (secondary N) is 2. The highest BCUT2D eigenvalue weighted by atomic mass is 32.2. The number of benzene rings is 3. The number of fused-ring (bicyclic) bond motifs is 2. The summed E-state index contributed by atoms with van der Waals surface area (Å²) >= 11 is 2.24. The molecular weight excluding hydrogens is 466 g/mol. The Hall–Kier alpha value is -3.41. The largest absolute Gasteiger partial charge is 0.298 e. The summed E-state index contributed by atoms with van der Waals surface area (Å²) in [6.07, 6.45) is 0. The zero-order valence-corrected chi connectivity index (χ0v) is 19.0. The zero-order chi connectivity index (χ0) is 22.3. The summed E-state index contributed by atoms with van der Waals surface area (Å²) in [5.74, 6) is -0.256. The first-order valence-corrected chi connectivity index (χ1v) is 12.5. The molecular formula is C21H15N5O3S3. The summed E-state index contributed by atoms with van der Waals surface area (Å²) in [6.45, 7) is 1.84. The van der Waals surface area contributed by atoms with E-state index in [1.54, 1.807) is 48.5 Å². The SMILES string of the molecule is Cc1cc(NS(=O)(=O)c2cccc3nsnc23)cc2sc(NC(=O)c3ccccc3)nc12. The average Bonchev–Trinajstić information content (AvgIpc) is 3.40. The fourth-order valence-electron chi connectivity index (χ4n) is 3.28. The van der Waals surface area contributed by atoms with Crippen molar-refractivity contribution in [3.05, 3.63) is 71.8 Å². The van der Waals surface area contributed by atoms with Gasteiger partial charge in [0.05, 0.1) is 27.6 Å². The van der Waals surface area contributed by atoms with Gasteiger partial charge < -0.3 is 0 Å². The second-order valence-electron chi connectivity index (χ2n) is 6.97. The van der Waals surface area contributed by atoms with Crippen molar-refractivity contribution in [3.63, 3.8) is 0 Å². The Morgan fingerprint density at radius 3 is 2.59 bits per heavy atom. The number of nitrogens with zero attached hydrogens (tertiary/aromatic N) is 3. The molecule has 32 heavy (non-hydrogen) atoms. The van der Waals surface area contributed by atoms with E-state index in [1.807, 2.05) is 13.0 Å². The molecule has 2 heterocycles. The van der Waals surface area contributed by atoms with Crippen LogP contribution in [-0.2, 0) is 10.0 Å². The number of carbonyl (C=O) groups is 1. The lowest BCUT2D eigenvalue weighted by atomic mass is 10.2. The minimum atomic E-state index is -3.87. The summed E-state index contributed by atoms with van der Waals surface area (Å²) in [5.41, 5.74) is 3.29. The Kier molecular flexibility index (Phi) is 5.08. The number of sulfonamides is 1. The number of amides is 1. The van der Waals surface area contributed by atoms with E-state index >= 15 is 0 Å². The molecule has 2 N–H and O–H groups in total. The van der Waals surface area contributed by atoms with Crippen LogP contribution in [0.2, 0.25) is 0 Å². The third-order valence-electron chi connectivity index (χ3n) is 4.73. The van der Waals surface area contributed by atoms with Crippen molar-refractivity contribution in [3.8, 4) is 0 Å². The number of hydrogen-bond acceptors (Lipinski definition) is 8. The fraction of sp³-hybridized carbons (Fsp3) is 0.0476. The number of carbonyl (C=O) groups excluding carboxylic acids is 1. The fourth-order valence-corrected chi connectivity index (χ4v) is 6.06. The molecule has 0 fully saturated rings. The Bertz CT molecular complexity index is 1580. The van der Waals surface area contributed by atoms with Crippen LogP contribution in [0.3, 0.4) is 0 Å². The summed E-state index contributed by atoms with van der Waals surface area (Å²) in [6, 6.07) is 17.1. The van der Waals surface area contributed by atoms with Crippen molar-refractivity contribution in [2.45, 2.75) is 11.8 Å². The summed E-state index contributed by atoms with van der Waals surface area (Å²) in [7, 11) is -3.87. The van der Waals surface area contributed by atoms with Gasteiger partial charge in [0, 0.05) is 5.56 Å². The van der Waals surface area contributed by atoms with E-state index in [0.717, 1.165) is 22.0 Å². The molecule has 2 aromatic heterocycles. The van der Waals surface area contributed by atoms with E-state index in [9.17, 15) is 13.2 Å². The third-order valence-corrected chi connectivity index (χ3v) is 7.61. The molecule has 3 aromatic carbocycles. The normalized spacial score (nSPS) is 11.7. The van der Waals surface area contributed by atoms with Gasteiger partial charge in [-0.25, -0.2) is 13.4 Å². The first-order chi connectivity index (χ1) is 15.4. The van der Waals surface area contributed by atoms with Crippen LogP contribution < -0.4 is 10.0 Å². The first kappa shape index (κ1) is 20.5. The van der Waals surface area contributed by atoms with Crippen molar-refractivity contribution in [1.82, 2.24) is 13.7 Å². The lowest BCUT2D eigenvalue weighted by Crippen LogP contribution is -2.13. The first-order valence-electron chi connectivity index (χ1n) is 9.42. The van der Waals surface area contributed by atoms with E-state index in [4.69, 9.17) is 0 Å². The molecule has 0 bridgehead atoms. The average molecular weight is 482 g/mol. The maximum atomic E-state index is 13.0. The van der Waals surface area contributed by atoms with Crippen LogP contribution in [0.4, 0.5) is 10.8 Å². The van der Waals surface area contributed by atoms with Gasteiger partial charge in [-0.1, -0.05) is 35.6 Å². The van der Waals surface area contributed by atoms with E-state index in [-0.39, 0.29) is 10.8 Å². The van der Waals surface area contributed by atoms with Crippen LogP contribution in [-0.4, -0.2) is 28.1 Å². The highest BCUT2D eigenvalue weighted by Crippen LogP contribution is 2.32. The van der Waals surface area contributed by atoms with Crippen LogP contribution in [0.1, 0.15) is 15.9 Å². The molecule has 5 aromatic rings. The topological polar surface area (TPSA) is 114 Å². The number of rotatable bonds is 5. The van der Waals surface area contributed by atoms with Gasteiger partial charge in [0.25, 0.3) is 15.9 Å². The number of aromatic nitrogens is 3. The number of hydrogen-bond donors (Lipinski definition) is 2. The van der Waals surface area contributed by atoms with Gasteiger partial charge in [-0.2, -0.15) is 8.75 Å². The summed E-state index contributed by atoms with van der Waals surface area (Å²) < 4.78 is 37.6. The molecule has 0 unspecified atom stereocenters. The molecule has 160 valence electrons. The highest BCUT2D eigenvalue weighted by molar-refractivity contribution is 7.93. The van der Waals surface area contributed by atoms with Gasteiger partial charge >= 0.3 is 0 Å². The molecule has 11 heteroatoms. The second kappa shape index (κ2) is 7.93. The molecule has 1 amide bonds. The van der Waals surface area contributed by atoms with E-state index in [0.29, 0.717) is 32.9 Å². The predicted molar refractivity (Wildman–Crippen MR) is 127 cm³/mol. The predicted octanol–water partition coefficient (Wildman–Crippen LogP) is 4.66. The molecule has 0 atom stereocenters.